The van der Waals surface area contributed by atoms with E-state index in [1.54, 1.807) is 18.2 Å². The Bertz CT molecular complexity index is 610. The van der Waals surface area contributed by atoms with Crippen LogP contribution in [0.4, 0.5) is 17.2 Å². The van der Waals surface area contributed by atoms with Gasteiger partial charge < -0.3 is 5.73 Å². The van der Waals surface area contributed by atoms with E-state index in [0.717, 1.165) is 0 Å². The smallest absolute Gasteiger partial charge is 0.293 e. The second-order valence-corrected chi connectivity index (χ2v) is 3.93. The summed E-state index contributed by atoms with van der Waals surface area (Å²) < 4.78 is 0. The van der Waals surface area contributed by atoms with Gasteiger partial charge in [0.1, 0.15) is 11.5 Å². The average molecular weight is 272 g/mol. The molecule has 1 heterocycles. The highest BCUT2D eigenvalue weighted by molar-refractivity contribution is 6.38. The second kappa shape index (κ2) is 4.60. The van der Waals surface area contributed by atoms with Gasteiger partial charge >= 0.3 is 0 Å². The van der Waals surface area contributed by atoms with Gasteiger partial charge in [-0.3, -0.25) is 15.0 Å². The fourth-order valence-corrected chi connectivity index (χ4v) is 1.62. The van der Waals surface area contributed by atoms with Gasteiger partial charge in [-0.05, 0) is 12.1 Å². The van der Waals surface area contributed by atoms with Crippen molar-refractivity contribution in [2.75, 3.05) is 5.73 Å². The lowest BCUT2D eigenvalue weighted by Gasteiger charge is -1.98. The Morgan fingerprint density at radius 2 is 1.65 bits per heavy atom. The molecule has 17 heavy (non-hydrogen) atoms. The Hall–Kier alpha value is -1.79. The van der Waals surface area contributed by atoms with Gasteiger partial charge in [0, 0.05) is 0 Å². The van der Waals surface area contributed by atoms with Gasteiger partial charge in [-0.25, -0.2) is 0 Å². The van der Waals surface area contributed by atoms with Crippen molar-refractivity contribution >= 4 is 40.4 Å². The van der Waals surface area contributed by atoms with Gasteiger partial charge in [-0.15, -0.1) is 10.2 Å². The molecular formula is C9H7Cl2N5O. The van der Waals surface area contributed by atoms with E-state index in [9.17, 15) is 4.79 Å². The first-order valence-corrected chi connectivity index (χ1v) is 5.27. The molecule has 0 fully saturated rings. The van der Waals surface area contributed by atoms with Crippen molar-refractivity contribution in [2.24, 2.45) is 10.2 Å². The van der Waals surface area contributed by atoms with Gasteiger partial charge in [0.25, 0.3) is 5.56 Å². The molecule has 2 rings (SSSR count). The molecule has 0 bridgehead atoms. The van der Waals surface area contributed by atoms with E-state index in [1.807, 2.05) is 0 Å². The highest BCUT2D eigenvalue weighted by Gasteiger charge is 2.07. The van der Waals surface area contributed by atoms with Crippen molar-refractivity contribution in [3.05, 3.63) is 38.6 Å². The lowest BCUT2D eigenvalue weighted by Crippen LogP contribution is -1.96. The predicted molar refractivity (Wildman–Crippen MR) is 66.5 cm³/mol. The van der Waals surface area contributed by atoms with E-state index in [2.05, 4.69) is 20.4 Å². The van der Waals surface area contributed by atoms with Gasteiger partial charge in [-0.2, -0.15) is 0 Å². The maximum atomic E-state index is 11.2. The molecule has 0 saturated heterocycles. The Labute approximate surface area is 105 Å². The van der Waals surface area contributed by atoms with Crippen LogP contribution >= 0.6 is 23.2 Å². The molecule has 0 spiro atoms. The number of nitrogens with one attached hydrogen (secondary N) is 2. The van der Waals surface area contributed by atoms with Crippen LogP contribution in [0.2, 0.25) is 10.0 Å². The average Bonchev–Trinajstić information content (AvgIpc) is 2.59. The van der Waals surface area contributed by atoms with Gasteiger partial charge in [0.2, 0.25) is 0 Å². The molecule has 1 aromatic heterocycles. The zero-order valence-electron chi connectivity index (χ0n) is 8.37. The molecule has 4 N–H and O–H groups in total. The summed E-state index contributed by atoms with van der Waals surface area (Å²) in [5.74, 6) is 0.0990. The third-order valence-electron chi connectivity index (χ3n) is 1.97. The first kappa shape index (κ1) is 11.7. The van der Waals surface area contributed by atoms with Crippen molar-refractivity contribution in [3.63, 3.8) is 0 Å². The van der Waals surface area contributed by atoms with Crippen LogP contribution in [-0.2, 0) is 0 Å². The summed E-state index contributed by atoms with van der Waals surface area (Å²) in [6.07, 6.45) is 0. The summed E-state index contributed by atoms with van der Waals surface area (Å²) >= 11 is 11.8. The van der Waals surface area contributed by atoms with Gasteiger partial charge in [0.05, 0.1) is 10.0 Å². The van der Waals surface area contributed by atoms with E-state index >= 15 is 0 Å². The van der Waals surface area contributed by atoms with Crippen LogP contribution in [0.1, 0.15) is 0 Å². The molecule has 8 heteroatoms. The van der Waals surface area contributed by atoms with Crippen molar-refractivity contribution in [2.45, 2.75) is 0 Å². The van der Waals surface area contributed by atoms with E-state index < -0.39 is 5.56 Å². The van der Waals surface area contributed by atoms with Crippen LogP contribution < -0.4 is 11.3 Å². The fraction of sp³-hybridized carbons (Fsp3) is 0. The summed E-state index contributed by atoms with van der Waals surface area (Å²) in [4.78, 5) is 11.2. The number of benzene rings is 1. The van der Waals surface area contributed by atoms with Crippen molar-refractivity contribution in [1.82, 2.24) is 10.2 Å². The maximum Gasteiger partial charge on any atom is 0.293 e. The van der Waals surface area contributed by atoms with Crippen molar-refractivity contribution in [1.29, 1.82) is 0 Å². The topological polar surface area (TPSA) is 99.4 Å². The molecule has 0 aliphatic heterocycles. The number of aromatic nitrogens is 2. The molecule has 0 unspecified atom stereocenters. The first-order valence-electron chi connectivity index (χ1n) is 4.51. The highest BCUT2D eigenvalue weighted by atomic mass is 35.5. The molecule has 1 aromatic carbocycles. The minimum Gasteiger partial charge on any atom is -0.382 e. The summed E-state index contributed by atoms with van der Waals surface area (Å²) in [7, 11) is 0. The van der Waals surface area contributed by atoms with E-state index in [4.69, 9.17) is 28.9 Å². The van der Waals surface area contributed by atoms with Gasteiger partial charge in [-0.1, -0.05) is 29.3 Å². The van der Waals surface area contributed by atoms with Crippen LogP contribution in [0.25, 0.3) is 0 Å². The maximum absolute atomic E-state index is 11.2. The normalized spacial score (nSPS) is 11.2. The molecule has 0 amide bonds. The number of hydrogen-bond donors (Lipinski definition) is 3. The zero-order valence-corrected chi connectivity index (χ0v) is 9.88. The minimum atomic E-state index is -0.463. The molecule has 0 aliphatic rings. The molecule has 0 saturated carbocycles. The van der Waals surface area contributed by atoms with Crippen molar-refractivity contribution < 1.29 is 0 Å². The number of hydrogen-bond acceptors (Lipinski definition) is 4. The van der Waals surface area contributed by atoms with Crippen LogP contribution in [0, 0.1) is 0 Å². The quantitative estimate of drug-likeness (QED) is 0.732. The second-order valence-electron chi connectivity index (χ2n) is 3.11. The number of nitrogens with two attached hydrogens (primary N) is 1. The third kappa shape index (κ3) is 2.32. The summed E-state index contributed by atoms with van der Waals surface area (Å²) in [5.41, 5.74) is 5.29. The zero-order chi connectivity index (χ0) is 12.4. The first-order chi connectivity index (χ1) is 8.09. The molecule has 2 aromatic rings. The third-order valence-corrected chi connectivity index (χ3v) is 2.58. The highest BCUT2D eigenvalue weighted by Crippen LogP contribution is 2.33. The molecular weight excluding hydrogens is 265 g/mol. The summed E-state index contributed by atoms with van der Waals surface area (Å²) in [6.45, 7) is 0. The van der Waals surface area contributed by atoms with Crippen LogP contribution in [0.3, 0.4) is 0 Å². The van der Waals surface area contributed by atoms with E-state index in [1.165, 1.54) is 0 Å². The standard InChI is InChI=1S/C9H7Cl2N5O/c10-4-2-1-3-5(11)6(4)13-14-7-8(12)15-16-9(7)17/h1-3H,(H4,12,15,16,17). The number of rotatable bonds is 2. The number of anilines is 1. The Balaban J connectivity index is 2.43. The minimum absolute atomic E-state index is 0.0130. The number of azo groups is 1. The summed E-state index contributed by atoms with van der Waals surface area (Å²) in [5, 5.41) is 12.9. The van der Waals surface area contributed by atoms with Crippen LogP contribution in [0.5, 0.6) is 0 Å². The lowest BCUT2D eigenvalue weighted by molar-refractivity contribution is 1.06. The number of H-pyrrole nitrogens is 2. The summed E-state index contributed by atoms with van der Waals surface area (Å²) in [6, 6.07) is 4.92. The van der Waals surface area contributed by atoms with Crippen LogP contribution in [0.15, 0.2) is 33.2 Å². The number of aromatic amines is 2. The van der Waals surface area contributed by atoms with Crippen molar-refractivity contribution in [3.8, 4) is 0 Å². The number of nitrogen functional groups attached to an aromatic ring is 1. The molecule has 88 valence electrons. The fourth-order valence-electron chi connectivity index (χ4n) is 1.15. The monoisotopic (exact) mass is 271 g/mol. The van der Waals surface area contributed by atoms with Crippen LogP contribution in [-0.4, -0.2) is 10.2 Å². The number of halogens is 2. The SMILES string of the molecule is Nc1[nH][nH]c(=O)c1N=Nc1c(Cl)cccc1Cl. The molecule has 6 nitrogen and oxygen atoms in total. The Morgan fingerprint density at radius 3 is 2.18 bits per heavy atom. The largest absolute Gasteiger partial charge is 0.382 e. The predicted octanol–water partition coefficient (Wildman–Crippen LogP) is 3.01. The molecule has 0 radical (unpaired) electrons. The molecule has 0 atom stereocenters. The lowest BCUT2D eigenvalue weighted by atomic mass is 10.3. The van der Waals surface area contributed by atoms with Gasteiger partial charge in [0.15, 0.2) is 5.69 Å². The van der Waals surface area contributed by atoms with E-state index in [-0.39, 0.29) is 17.2 Å². The number of nitrogens with zero attached hydrogens (tertiary/aromatic N) is 2. The Kier molecular flexibility index (Phi) is 3.16. The van der Waals surface area contributed by atoms with E-state index in [0.29, 0.717) is 10.0 Å². The Morgan fingerprint density at radius 1 is 1.06 bits per heavy atom. The molecule has 0 aliphatic carbocycles.